The van der Waals surface area contributed by atoms with Gasteiger partial charge in [0.1, 0.15) is 11.2 Å². The lowest BCUT2D eigenvalue weighted by atomic mass is 9.93. The number of hydrogen-bond donors (Lipinski definition) is 0. The molecule has 2 heterocycles. The largest absolute Gasteiger partial charge is 0.455 e. The average molecular weight is 652 g/mol. The number of benzene rings is 8. The molecule has 0 atom stereocenters. The molecule has 0 saturated carbocycles. The van der Waals surface area contributed by atoms with Gasteiger partial charge in [-0.15, -0.1) is 0 Å². The maximum absolute atomic E-state index is 6.80. The first-order valence-corrected chi connectivity index (χ1v) is 17.1. The summed E-state index contributed by atoms with van der Waals surface area (Å²) in [6.07, 6.45) is 0. The zero-order chi connectivity index (χ0) is 33.7. The van der Waals surface area contributed by atoms with E-state index in [4.69, 9.17) is 19.4 Å². The van der Waals surface area contributed by atoms with Crippen LogP contribution in [0.15, 0.2) is 180 Å². The summed E-state index contributed by atoms with van der Waals surface area (Å²) < 4.78 is 6.80. The Kier molecular flexibility index (Phi) is 6.78. The number of fused-ring (bicyclic) bond motifs is 6. The average Bonchev–Trinajstić information content (AvgIpc) is 3.60. The standard InChI is InChI=1S/C47H29N3O/c1-4-12-30(13-5-1)33-20-21-35-27-37(23-22-34(35)26-33)41-28-36-18-10-11-19-39(36)44-43(41)40-25-24-38(29-42(40)51-44)47-49-45(31-14-6-2-7-15-31)48-46(50-47)32-16-8-3-9-17-32/h1-29H. The molecule has 0 aliphatic rings. The van der Waals surface area contributed by atoms with E-state index in [1.807, 2.05) is 60.7 Å². The van der Waals surface area contributed by atoms with Crippen LogP contribution in [0.4, 0.5) is 0 Å². The molecule has 0 N–H and O–H groups in total. The quantitative estimate of drug-likeness (QED) is 0.186. The third-order valence-corrected chi connectivity index (χ3v) is 9.68. The first-order chi connectivity index (χ1) is 25.2. The predicted molar refractivity (Wildman–Crippen MR) is 209 cm³/mol. The maximum Gasteiger partial charge on any atom is 0.164 e. The minimum Gasteiger partial charge on any atom is -0.455 e. The Morgan fingerprint density at radius 1 is 0.333 bits per heavy atom. The summed E-state index contributed by atoms with van der Waals surface area (Å²) in [6.45, 7) is 0. The molecular weight excluding hydrogens is 623 g/mol. The fourth-order valence-electron chi connectivity index (χ4n) is 7.14. The van der Waals surface area contributed by atoms with Gasteiger partial charge in [-0.1, -0.05) is 146 Å². The highest BCUT2D eigenvalue weighted by Crippen LogP contribution is 2.43. The Hall–Kier alpha value is -6.91. The van der Waals surface area contributed by atoms with Crippen LogP contribution in [0.25, 0.3) is 99.9 Å². The summed E-state index contributed by atoms with van der Waals surface area (Å²) in [5, 5.41) is 6.77. The normalized spacial score (nSPS) is 11.5. The Balaban J connectivity index is 1.15. The van der Waals surface area contributed by atoms with Crippen molar-refractivity contribution in [2.75, 3.05) is 0 Å². The van der Waals surface area contributed by atoms with E-state index in [0.717, 1.165) is 60.5 Å². The second-order valence-electron chi connectivity index (χ2n) is 12.8. The van der Waals surface area contributed by atoms with Crippen LogP contribution >= 0.6 is 0 Å². The number of nitrogens with zero attached hydrogens (tertiary/aromatic N) is 3. The van der Waals surface area contributed by atoms with Gasteiger partial charge in [0.2, 0.25) is 0 Å². The number of rotatable bonds is 5. The van der Waals surface area contributed by atoms with Crippen LogP contribution in [0.5, 0.6) is 0 Å². The lowest BCUT2D eigenvalue weighted by molar-refractivity contribution is 0.673. The second-order valence-corrected chi connectivity index (χ2v) is 12.8. The minimum atomic E-state index is 0.597. The number of hydrogen-bond acceptors (Lipinski definition) is 4. The van der Waals surface area contributed by atoms with Crippen LogP contribution in [0.3, 0.4) is 0 Å². The fraction of sp³-hybridized carbons (Fsp3) is 0. The molecule has 0 bridgehead atoms. The van der Waals surface area contributed by atoms with Crippen molar-refractivity contribution in [3.05, 3.63) is 176 Å². The summed E-state index contributed by atoms with van der Waals surface area (Å²) in [5.41, 5.74) is 9.12. The molecule has 0 spiro atoms. The molecule has 51 heavy (non-hydrogen) atoms. The van der Waals surface area contributed by atoms with Gasteiger partial charge in [-0.05, 0) is 68.7 Å². The van der Waals surface area contributed by atoms with Crippen molar-refractivity contribution in [3.8, 4) is 56.4 Å². The van der Waals surface area contributed by atoms with E-state index >= 15 is 0 Å². The molecule has 10 rings (SSSR count). The van der Waals surface area contributed by atoms with E-state index in [1.54, 1.807) is 0 Å². The highest BCUT2D eigenvalue weighted by molar-refractivity contribution is 6.21. The van der Waals surface area contributed by atoms with E-state index in [9.17, 15) is 0 Å². The van der Waals surface area contributed by atoms with Gasteiger partial charge in [-0.2, -0.15) is 0 Å². The van der Waals surface area contributed by atoms with Gasteiger partial charge in [0, 0.05) is 32.8 Å². The molecular formula is C47H29N3O. The molecule has 0 aliphatic heterocycles. The molecule has 4 heteroatoms. The van der Waals surface area contributed by atoms with Crippen LogP contribution < -0.4 is 0 Å². The zero-order valence-corrected chi connectivity index (χ0v) is 27.5. The minimum absolute atomic E-state index is 0.597. The zero-order valence-electron chi connectivity index (χ0n) is 27.5. The summed E-state index contributed by atoms with van der Waals surface area (Å²) >= 11 is 0. The fourth-order valence-corrected chi connectivity index (χ4v) is 7.14. The molecule has 2 aromatic heterocycles. The van der Waals surface area contributed by atoms with Crippen molar-refractivity contribution in [1.29, 1.82) is 0 Å². The van der Waals surface area contributed by atoms with Crippen molar-refractivity contribution >= 4 is 43.5 Å². The van der Waals surface area contributed by atoms with E-state index in [1.165, 1.54) is 21.9 Å². The topological polar surface area (TPSA) is 51.8 Å². The van der Waals surface area contributed by atoms with Gasteiger partial charge in [-0.3, -0.25) is 0 Å². The first kappa shape index (κ1) is 29.0. The van der Waals surface area contributed by atoms with Crippen molar-refractivity contribution in [3.63, 3.8) is 0 Å². The molecule has 0 saturated heterocycles. The van der Waals surface area contributed by atoms with Crippen molar-refractivity contribution in [2.24, 2.45) is 0 Å². The van der Waals surface area contributed by atoms with E-state index in [2.05, 4.69) is 115 Å². The SMILES string of the molecule is c1ccc(-c2ccc3cc(-c4cc5ccccc5c5oc6cc(-c7nc(-c8ccccc8)nc(-c8ccccc8)n7)ccc6c45)ccc3c2)cc1. The first-order valence-electron chi connectivity index (χ1n) is 17.1. The van der Waals surface area contributed by atoms with Gasteiger partial charge in [0.25, 0.3) is 0 Å². The summed E-state index contributed by atoms with van der Waals surface area (Å²) in [5.74, 6) is 1.86. The second kappa shape index (κ2) is 11.9. The van der Waals surface area contributed by atoms with Crippen molar-refractivity contribution in [2.45, 2.75) is 0 Å². The Labute approximate surface area is 294 Å². The third kappa shape index (κ3) is 5.13. The van der Waals surface area contributed by atoms with E-state index in [0.29, 0.717) is 17.5 Å². The highest BCUT2D eigenvalue weighted by Gasteiger charge is 2.19. The van der Waals surface area contributed by atoms with Crippen molar-refractivity contribution in [1.82, 2.24) is 15.0 Å². The molecule has 10 aromatic rings. The number of furan rings is 1. The van der Waals surface area contributed by atoms with Gasteiger partial charge in [0.05, 0.1) is 0 Å². The summed E-state index contributed by atoms with van der Waals surface area (Å²) in [6, 6.07) is 61.1. The van der Waals surface area contributed by atoms with E-state index < -0.39 is 0 Å². The van der Waals surface area contributed by atoms with Crippen LogP contribution in [0, 0.1) is 0 Å². The van der Waals surface area contributed by atoms with Crippen LogP contribution in [0.1, 0.15) is 0 Å². The Bertz CT molecular complexity index is 2840. The Morgan fingerprint density at radius 2 is 0.863 bits per heavy atom. The van der Waals surface area contributed by atoms with Gasteiger partial charge >= 0.3 is 0 Å². The van der Waals surface area contributed by atoms with Gasteiger partial charge in [-0.25, -0.2) is 15.0 Å². The lowest BCUT2D eigenvalue weighted by Gasteiger charge is -2.10. The lowest BCUT2D eigenvalue weighted by Crippen LogP contribution is -2.00. The van der Waals surface area contributed by atoms with Gasteiger partial charge < -0.3 is 4.42 Å². The predicted octanol–water partition coefficient (Wildman–Crippen LogP) is 12.4. The molecule has 0 fully saturated rings. The monoisotopic (exact) mass is 651 g/mol. The van der Waals surface area contributed by atoms with E-state index in [-0.39, 0.29) is 0 Å². The van der Waals surface area contributed by atoms with Crippen LogP contribution in [0.2, 0.25) is 0 Å². The molecule has 238 valence electrons. The molecule has 8 aromatic carbocycles. The molecule has 0 aliphatic carbocycles. The van der Waals surface area contributed by atoms with Crippen LogP contribution in [-0.4, -0.2) is 15.0 Å². The highest BCUT2D eigenvalue weighted by atomic mass is 16.3. The molecule has 0 unspecified atom stereocenters. The maximum atomic E-state index is 6.80. The van der Waals surface area contributed by atoms with Gasteiger partial charge in [0.15, 0.2) is 17.5 Å². The van der Waals surface area contributed by atoms with Crippen molar-refractivity contribution < 1.29 is 4.42 Å². The number of aromatic nitrogens is 3. The summed E-state index contributed by atoms with van der Waals surface area (Å²) in [7, 11) is 0. The Morgan fingerprint density at radius 3 is 1.53 bits per heavy atom. The molecule has 0 radical (unpaired) electrons. The molecule has 4 nitrogen and oxygen atoms in total. The summed E-state index contributed by atoms with van der Waals surface area (Å²) in [4.78, 5) is 14.8. The third-order valence-electron chi connectivity index (χ3n) is 9.68. The van der Waals surface area contributed by atoms with Crippen LogP contribution in [-0.2, 0) is 0 Å². The smallest absolute Gasteiger partial charge is 0.164 e. The molecule has 0 amide bonds.